The van der Waals surface area contributed by atoms with Gasteiger partial charge in [-0.05, 0) is 42.9 Å². The number of amides is 1. The van der Waals surface area contributed by atoms with Gasteiger partial charge in [0.2, 0.25) is 5.91 Å². The summed E-state index contributed by atoms with van der Waals surface area (Å²) in [4.78, 5) is 17.8. The third-order valence-corrected chi connectivity index (χ3v) is 6.47. The fourth-order valence-electron chi connectivity index (χ4n) is 4.93. The predicted molar refractivity (Wildman–Crippen MR) is 114 cm³/mol. The zero-order valence-corrected chi connectivity index (χ0v) is 17.8. The van der Waals surface area contributed by atoms with Crippen LogP contribution in [0.5, 0.6) is 5.75 Å². The van der Waals surface area contributed by atoms with E-state index in [0.717, 1.165) is 78.4 Å². The van der Waals surface area contributed by atoms with E-state index >= 15 is 0 Å². The fraction of sp³-hybridized carbons (Fsp3) is 0.696. The van der Waals surface area contributed by atoms with Gasteiger partial charge in [0.15, 0.2) is 0 Å². The molecule has 0 aliphatic carbocycles. The molecule has 3 heterocycles. The van der Waals surface area contributed by atoms with Crippen molar-refractivity contribution in [3.63, 3.8) is 0 Å². The Labute approximate surface area is 179 Å². The van der Waals surface area contributed by atoms with E-state index in [1.807, 2.05) is 12.1 Å². The molecule has 3 saturated heterocycles. The molecular formula is C23H35N3O4. The molecule has 3 aliphatic heterocycles. The molecule has 3 atom stereocenters. The molecule has 3 aliphatic rings. The van der Waals surface area contributed by atoms with Crippen LogP contribution in [0.1, 0.15) is 24.8 Å². The molecule has 30 heavy (non-hydrogen) atoms. The molecule has 0 spiro atoms. The average Bonchev–Trinajstić information content (AvgIpc) is 3.28. The van der Waals surface area contributed by atoms with E-state index in [-0.39, 0.29) is 23.7 Å². The van der Waals surface area contributed by atoms with Crippen molar-refractivity contribution in [2.75, 3.05) is 59.1 Å². The van der Waals surface area contributed by atoms with Gasteiger partial charge in [0.05, 0.1) is 25.2 Å². The van der Waals surface area contributed by atoms with Crippen molar-refractivity contribution in [3.05, 3.63) is 29.8 Å². The van der Waals surface area contributed by atoms with Crippen molar-refractivity contribution in [2.24, 2.45) is 11.8 Å². The number of morpholine rings is 1. The minimum atomic E-state index is 0.00306. The highest BCUT2D eigenvalue weighted by molar-refractivity contribution is 5.79. The monoisotopic (exact) mass is 417 g/mol. The number of nitrogens with zero attached hydrogens (tertiary/aromatic N) is 2. The van der Waals surface area contributed by atoms with Gasteiger partial charge < -0.3 is 19.9 Å². The number of phenols is 1. The van der Waals surface area contributed by atoms with Crippen LogP contribution in [0.15, 0.2) is 24.3 Å². The molecule has 0 saturated carbocycles. The van der Waals surface area contributed by atoms with Gasteiger partial charge in [0, 0.05) is 52.4 Å². The Hall–Kier alpha value is -1.67. The number of phenolic OH excluding ortho intramolecular Hbond substituents is 1. The van der Waals surface area contributed by atoms with E-state index in [9.17, 15) is 9.90 Å². The fourth-order valence-corrected chi connectivity index (χ4v) is 4.93. The summed E-state index contributed by atoms with van der Waals surface area (Å²) in [5.74, 6) is 0.914. The maximum absolute atomic E-state index is 13.0. The molecule has 1 amide bonds. The molecule has 0 aromatic heterocycles. The lowest BCUT2D eigenvalue weighted by Crippen LogP contribution is -2.50. The van der Waals surface area contributed by atoms with Gasteiger partial charge in [0.25, 0.3) is 0 Å². The average molecular weight is 418 g/mol. The van der Waals surface area contributed by atoms with Gasteiger partial charge in [-0.25, -0.2) is 0 Å². The Kier molecular flexibility index (Phi) is 7.60. The van der Waals surface area contributed by atoms with E-state index in [2.05, 4.69) is 15.1 Å². The highest BCUT2D eigenvalue weighted by Crippen LogP contribution is 2.25. The summed E-state index contributed by atoms with van der Waals surface area (Å²) >= 11 is 0. The van der Waals surface area contributed by atoms with Gasteiger partial charge >= 0.3 is 0 Å². The van der Waals surface area contributed by atoms with Crippen LogP contribution in [-0.2, 0) is 20.8 Å². The van der Waals surface area contributed by atoms with E-state index in [1.54, 1.807) is 12.1 Å². The number of aromatic hydroxyl groups is 1. The number of likely N-dealkylation sites (tertiary alicyclic amines) is 1. The van der Waals surface area contributed by atoms with Crippen LogP contribution in [0, 0.1) is 11.8 Å². The summed E-state index contributed by atoms with van der Waals surface area (Å²) in [6, 6.07) is 7.40. The van der Waals surface area contributed by atoms with Gasteiger partial charge in [-0.1, -0.05) is 12.1 Å². The second-order valence-corrected chi connectivity index (χ2v) is 8.95. The number of piperidine rings is 1. The third kappa shape index (κ3) is 6.17. The first kappa shape index (κ1) is 21.6. The van der Waals surface area contributed by atoms with Gasteiger partial charge in [0.1, 0.15) is 5.75 Å². The van der Waals surface area contributed by atoms with Crippen LogP contribution in [0.3, 0.4) is 0 Å². The molecule has 3 fully saturated rings. The molecule has 1 aromatic carbocycles. The van der Waals surface area contributed by atoms with Gasteiger partial charge in [-0.15, -0.1) is 0 Å². The Balaban J connectivity index is 1.37. The SMILES string of the molecule is O=C(NC[C@@H]1CCCO1)[C@@H]1C[C@H](CN2CCOCC2)CN(Cc2ccc(O)cc2)C1. The van der Waals surface area contributed by atoms with Crippen molar-refractivity contribution in [1.82, 2.24) is 15.1 Å². The van der Waals surface area contributed by atoms with E-state index in [4.69, 9.17) is 9.47 Å². The van der Waals surface area contributed by atoms with Crippen LogP contribution < -0.4 is 5.32 Å². The molecule has 2 N–H and O–H groups in total. The number of ether oxygens (including phenoxy) is 2. The lowest BCUT2D eigenvalue weighted by atomic mass is 9.87. The van der Waals surface area contributed by atoms with Crippen LogP contribution in [0.4, 0.5) is 0 Å². The number of rotatable bonds is 7. The number of benzene rings is 1. The van der Waals surface area contributed by atoms with Crippen LogP contribution in [0.2, 0.25) is 0 Å². The first-order valence-electron chi connectivity index (χ1n) is 11.4. The van der Waals surface area contributed by atoms with Crippen molar-refractivity contribution < 1.29 is 19.4 Å². The smallest absolute Gasteiger partial charge is 0.224 e. The normalized spacial score (nSPS) is 28.5. The lowest BCUT2D eigenvalue weighted by Gasteiger charge is -2.40. The van der Waals surface area contributed by atoms with Crippen molar-refractivity contribution in [3.8, 4) is 5.75 Å². The first-order chi connectivity index (χ1) is 14.7. The summed E-state index contributed by atoms with van der Waals surface area (Å²) in [5.41, 5.74) is 1.17. The second-order valence-electron chi connectivity index (χ2n) is 8.95. The minimum Gasteiger partial charge on any atom is -0.508 e. The summed E-state index contributed by atoms with van der Waals surface area (Å²) in [7, 11) is 0. The van der Waals surface area contributed by atoms with E-state index < -0.39 is 0 Å². The third-order valence-electron chi connectivity index (χ3n) is 6.47. The summed E-state index contributed by atoms with van der Waals surface area (Å²) in [6.07, 6.45) is 3.24. The topological polar surface area (TPSA) is 74.3 Å². The second kappa shape index (κ2) is 10.6. The van der Waals surface area contributed by atoms with E-state index in [1.165, 1.54) is 5.56 Å². The molecule has 166 valence electrons. The van der Waals surface area contributed by atoms with Gasteiger partial charge in [-0.2, -0.15) is 0 Å². The Morgan fingerprint density at radius 1 is 1.10 bits per heavy atom. The molecule has 7 nitrogen and oxygen atoms in total. The zero-order chi connectivity index (χ0) is 20.8. The Morgan fingerprint density at radius 3 is 2.63 bits per heavy atom. The molecule has 1 aromatic rings. The summed E-state index contributed by atoms with van der Waals surface area (Å²) in [6.45, 7) is 8.58. The number of carbonyl (C=O) groups excluding carboxylic acids is 1. The largest absolute Gasteiger partial charge is 0.508 e. The zero-order valence-electron chi connectivity index (χ0n) is 17.8. The highest BCUT2D eigenvalue weighted by atomic mass is 16.5. The molecule has 0 bridgehead atoms. The van der Waals surface area contributed by atoms with Crippen molar-refractivity contribution in [2.45, 2.75) is 31.9 Å². The molecule has 7 heteroatoms. The standard InChI is InChI=1S/C23H35N3O4/c27-21-5-3-18(4-6-21)14-26-16-19(15-25-7-10-29-11-8-25)12-20(17-26)23(28)24-13-22-2-1-9-30-22/h3-6,19-20,22,27H,1-2,7-17H2,(H,24,28)/t19-,20-,22+/m1/s1. The maximum atomic E-state index is 13.0. The van der Waals surface area contributed by atoms with Crippen LogP contribution >= 0.6 is 0 Å². The summed E-state index contributed by atoms with van der Waals surface area (Å²) in [5, 5.41) is 12.7. The van der Waals surface area contributed by atoms with Crippen LogP contribution in [0.25, 0.3) is 0 Å². The molecule has 4 rings (SSSR count). The maximum Gasteiger partial charge on any atom is 0.224 e. The number of hydrogen-bond donors (Lipinski definition) is 2. The van der Waals surface area contributed by atoms with Crippen LogP contribution in [-0.4, -0.2) is 86.0 Å². The molecule has 0 radical (unpaired) electrons. The van der Waals surface area contributed by atoms with Crippen molar-refractivity contribution in [1.29, 1.82) is 0 Å². The Bertz CT molecular complexity index is 672. The number of nitrogens with one attached hydrogen (secondary N) is 1. The number of carbonyl (C=O) groups is 1. The Morgan fingerprint density at radius 2 is 1.90 bits per heavy atom. The van der Waals surface area contributed by atoms with E-state index in [0.29, 0.717) is 12.5 Å². The molecule has 0 unspecified atom stereocenters. The first-order valence-corrected chi connectivity index (χ1v) is 11.4. The predicted octanol–water partition coefficient (Wildman–Crippen LogP) is 1.46. The minimum absolute atomic E-state index is 0.00306. The van der Waals surface area contributed by atoms with Gasteiger partial charge in [-0.3, -0.25) is 14.6 Å². The molecular weight excluding hydrogens is 382 g/mol. The summed E-state index contributed by atoms with van der Waals surface area (Å²) < 4.78 is 11.1. The lowest BCUT2D eigenvalue weighted by molar-refractivity contribution is -0.128. The number of hydrogen-bond acceptors (Lipinski definition) is 6. The quantitative estimate of drug-likeness (QED) is 0.700. The van der Waals surface area contributed by atoms with Crippen molar-refractivity contribution >= 4 is 5.91 Å². The highest BCUT2D eigenvalue weighted by Gasteiger charge is 2.33.